The fourth-order valence-electron chi connectivity index (χ4n) is 7.32. The Bertz CT molecular complexity index is 2670. The Hall–Kier alpha value is -6.07. The smallest absolute Gasteiger partial charge is 0.0462 e. The summed E-state index contributed by atoms with van der Waals surface area (Å²) in [6, 6.07) is 61.8. The minimum absolute atomic E-state index is 1.10. The molecular weight excluding hydrogens is 657 g/mol. The molecule has 4 heteroatoms. The molecule has 0 aliphatic carbocycles. The molecule has 3 heterocycles. The third-order valence-corrected chi connectivity index (χ3v) is 12.3. The van der Waals surface area contributed by atoms with Crippen molar-refractivity contribution in [3.63, 3.8) is 0 Å². The molecule has 0 aliphatic rings. The number of aromatic nitrogens is 1. The normalized spacial score (nSPS) is 11.5. The van der Waals surface area contributed by atoms with Crippen molar-refractivity contribution in [3.05, 3.63) is 182 Å². The fourth-order valence-corrected chi connectivity index (χ4v) is 9.80. The van der Waals surface area contributed by atoms with Crippen molar-refractivity contribution in [1.82, 2.24) is 4.98 Å². The molecule has 7 aromatic carbocycles. The third kappa shape index (κ3) is 5.20. The summed E-state index contributed by atoms with van der Waals surface area (Å²) in [7, 11) is 0. The molecule has 3 aromatic heterocycles. The summed E-state index contributed by atoms with van der Waals surface area (Å²) in [5, 5.41) is 5.29. The van der Waals surface area contributed by atoms with E-state index < -0.39 is 0 Å². The lowest BCUT2D eigenvalue weighted by atomic mass is 10.0. The number of nitrogens with zero attached hydrogens (tertiary/aromatic N) is 2. The van der Waals surface area contributed by atoms with Crippen LogP contribution in [0, 0.1) is 0 Å². The highest BCUT2D eigenvalue weighted by atomic mass is 32.1. The van der Waals surface area contributed by atoms with Crippen LogP contribution in [0.5, 0.6) is 0 Å². The van der Waals surface area contributed by atoms with Gasteiger partial charge in [0.2, 0.25) is 0 Å². The Balaban J connectivity index is 1.06. The molecule has 10 rings (SSSR count). The van der Waals surface area contributed by atoms with Crippen molar-refractivity contribution < 1.29 is 0 Å². The van der Waals surface area contributed by atoms with Crippen LogP contribution >= 0.6 is 22.7 Å². The van der Waals surface area contributed by atoms with Gasteiger partial charge in [0.05, 0.1) is 0 Å². The van der Waals surface area contributed by atoms with Crippen LogP contribution in [-0.4, -0.2) is 4.98 Å². The van der Waals surface area contributed by atoms with Crippen LogP contribution in [0.25, 0.3) is 73.7 Å². The lowest BCUT2D eigenvalue weighted by Crippen LogP contribution is -2.09. The highest BCUT2D eigenvalue weighted by molar-refractivity contribution is 7.26. The molecule has 0 radical (unpaired) electrons. The van der Waals surface area contributed by atoms with Gasteiger partial charge in [0.1, 0.15) is 0 Å². The Kier molecular flexibility index (Phi) is 7.23. The molecule has 0 saturated heterocycles. The maximum absolute atomic E-state index is 4.20. The first-order valence-electron chi connectivity index (χ1n) is 17.1. The van der Waals surface area contributed by atoms with E-state index in [1.54, 1.807) is 0 Å². The number of thiophene rings is 2. The van der Waals surface area contributed by atoms with Crippen molar-refractivity contribution in [3.8, 4) is 33.4 Å². The molecule has 0 N–H and O–H groups in total. The van der Waals surface area contributed by atoms with Crippen LogP contribution < -0.4 is 4.90 Å². The van der Waals surface area contributed by atoms with Gasteiger partial charge in [-0.2, -0.15) is 0 Å². The quantitative estimate of drug-likeness (QED) is 0.173. The molecular formula is C47H30N2S2. The lowest BCUT2D eigenvalue weighted by molar-refractivity contribution is 1.28. The highest BCUT2D eigenvalue weighted by Gasteiger charge is 2.16. The number of anilines is 3. The number of hydrogen-bond donors (Lipinski definition) is 0. The average Bonchev–Trinajstić information content (AvgIpc) is 3.78. The minimum atomic E-state index is 1.10. The van der Waals surface area contributed by atoms with E-state index in [0.29, 0.717) is 0 Å². The topological polar surface area (TPSA) is 16.1 Å². The van der Waals surface area contributed by atoms with Crippen LogP contribution in [0.2, 0.25) is 0 Å². The standard InChI is InChI=1S/C47H30N2S2/c1-3-13-44-40(7-1)42-11-5-9-38(46(42)50-44)33-17-23-36(24-18-33)49(35-21-15-31(16-22-35)32-27-29-48-30-28-32)37-25-19-34(20-26-37)39-10-6-12-43-41-8-2-4-14-45(41)51-47(39)43/h1-30H. The Labute approximate surface area is 304 Å². The number of pyridine rings is 1. The van der Waals surface area contributed by atoms with E-state index >= 15 is 0 Å². The predicted molar refractivity (Wildman–Crippen MR) is 221 cm³/mol. The second kappa shape index (κ2) is 12.4. The largest absolute Gasteiger partial charge is 0.311 e. The molecule has 0 atom stereocenters. The molecule has 2 nitrogen and oxygen atoms in total. The second-order valence-electron chi connectivity index (χ2n) is 12.8. The van der Waals surface area contributed by atoms with Crippen molar-refractivity contribution in [2.45, 2.75) is 0 Å². The summed E-state index contributed by atoms with van der Waals surface area (Å²) < 4.78 is 5.31. The van der Waals surface area contributed by atoms with Crippen molar-refractivity contribution >= 4 is 80.1 Å². The van der Waals surface area contributed by atoms with E-state index in [1.165, 1.54) is 68.2 Å². The number of benzene rings is 7. The fraction of sp³-hybridized carbons (Fsp3) is 0. The SMILES string of the molecule is c1ccc2c(c1)sc1c(-c3ccc(N(c4ccc(-c5ccncc5)cc4)c4ccc(-c5cccc6c5sc5ccccc56)cc4)cc3)cccc12. The van der Waals surface area contributed by atoms with E-state index in [1.807, 2.05) is 35.1 Å². The van der Waals surface area contributed by atoms with Gasteiger partial charge in [-0.1, -0.05) is 109 Å². The van der Waals surface area contributed by atoms with E-state index in [-0.39, 0.29) is 0 Å². The van der Waals surface area contributed by atoms with Crippen molar-refractivity contribution in [2.24, 2.45) is 0 Å². The van der Waals surface area contributed by atoms with E-state index in [2.05, 4.69) is 180 Å². The van der Waals surface area contributed by atoms with Gasteiger partial charge in [-0.05, 0) is 94.0 Å². The molecule has 0 saturated carbocycles. The van der Waals surface area contributed by atoms with E-state index in [4.69, 9.17) is 0 Å². The number of fused-ring (bicyclic) bond motifs is 6. The van der Waals surface area contributed by atoms with E-state index in [9.17, 15) is 0 Å². The van der Waals surface area contributed by atoms with Gasteiger partial charge in [0.15, 0.2) is 0 Å². The first-order chi connectivity index (χ1) is 25.3. The molecule has 0 spiro atoms. The van der Waals surface area contributed by atoms with Crippen LogP contribution in [0.3, 0.4) is 0 Å². The summed E-state index contributed by atoms with van der Waals surface area (Å²) in [5.41, 5.74) is 10.6. The van der Waals surface area contributed by atoms with E-state index in [0.717, 1.165) is 22.6 Å². The predicted octanol–water partition coefficient (Wildman–Crippen LogP) is 14.3. The highest BCUT2D eigenvalue weighted by Crippen LogP contribution is 2.43. The first-order valence-corrected chi connectivity index (χ1v) is 18.7. The Morgan fingerprint density at radius 2 is 0.725 bits per heavy atom. The van der Waals surface area contributed by atoms with Gasteiger partial charge >= 0.3 is 0 Å². The molecule has 0 bridgehead atoms. The van der Waals surface area contributed by atoms with Crippen molar-refractivity contribution in [1.29, 1.82) is 0 Å². The molecule has 240 valence electrons. The lowest BCUT2D eigenvalue weighted by Gasteiger charge is -2.26. The Morgan fingerprint density at radius 3 is 1.20 bits per heavy atom. The van der Waals surface area contributed by atoms with Gasteiger partial charge in [-0.25, -0.2) is 0 Å². The average molecular weight is 687 g/mol. The van der Waals surface area contributed by atoms with Gasteiger partial charge < -0.3 is 4.90 Å². The minimum Gasteiger partial charge on any atom is -0.311 e. The zero-order chi connectivity index (χ0) is 33.7. The summed E-state index contributed by atoms with van der Waals surface area (Å²) >= 11 is 3.75. The molecule has 0 aliphatic heterocycles. The maximum atomic E-state index is 4.20. The second-order valence-corrected chi connectivity index (χ2v) is 14.9. The molecule has 51 heavy (non-hydrogen) atoms. The summed E-state index contributed by atoms with van der Waals surface area (Å²) in [5.74, 6) is 0. The Morgan fingerprint density at radius 1 is 0.333 bits per heavy atom. The third-order valence-electron chi connectivity index (χ3n) is 9.82. The van der Waals surface area contributed by atoms with Crippen LogP contribution in [-0.2, 0) is 0 Å². The number of hydrogen-bond acceptors (Lipinski definition) is 4. The molecule has 10 aromatic rings. The number of rotatable bonds is 6. The zero-order valence-electron chi connectivity index (χ0n) is 27.5. The van der Waals surface area contributed by atoms with Gasteiger partial charge in [0.25, 0.3) is 0 Å². The van der Waals surface area contributed by atoms with Crippen molar-refractivity contribution in [2.75, 3.05) is 4.90 Å². The van der Waals surface area contributed by atoms with Gasteiger partial charge in [0, 0.05) is 69.8 Å². The zero-order valence-corrected chi connectivity index (χ0v) is 29.2. The maximum Gasteiger partial charge on any atom is 0.0462 e. The summed E-state index contributed by atoms with van der Waals surface area (Å²) in [6.45, 7) is 0. The van der Waals surface area contributed by atoms with Crippen LogP contribution in [0.1, 0.15) is 0 Å². The summed E-state index contributed by atoms with van der Waals surface area (Å²) in [6.07, 6.45) is 3.69. The van der Waals surface area contributed by atoms with Crippen LogP contribution in [0.4, 0.5) is 17.1 Å². The van der Waals surface area contributed by atoms with Gasteiger partial charge in [-0.3, -0.25) is 4.98 Å². The molecule has 0 unspecified atom stereocenters. The van der Waals surface area contributed by atoms with Crippen LogP contribution in [0.15, 0.2) is 182 Å². The first kappa shape index (κ1) is 29.8. The van der Waals surface area contributed by atoms with Gasteiger partial charge in [-0.15, -0.1) is 22.7 Å². The monoisotopic (exact) mass is 686 g/mol. The molecule has 0 fully saturated rings. The summed E-state index contributed by atoms with van der Waals surface area (Å²) in [4.78, 5) is 6.55. The molecule has 0 amide bonds.